The summed E-state index contributed by atoms with van der Waals surface area (Å²) in [5, 5.41) is 4.50. The number of nitrogens with one attached hydrogen (secondary N) is 1. The molecule has 0 aliphatic heterocycles. The van der Waals surface area contributed by atoms with Crippen LogP contribution in [0.1, 0.15) is 19.4 Å². The molecule has 0 heterocycles. The first-order valence-corrected chi connectivity index (χ1v) is 5.63. The van der Waals surface area contributed by atoms with Crippen molar-refractivity contribution in [3.05, 3.63) is 33.8 Å². The van der Waals surface area contributed by atoms with Crippen LogP contribution in [0.3, 0.4) is 0 Å². The molecular weight excluding hydrogens is 231 g/mol. The van der Waals surface area contributed by atoms with Crippen molar-refractivity contribution in [3.63, 3.8) is 0 Å². The van der Waals surface area contributed by atoms with Gasteiger partial charge in [-0.05, 0) is 31.5 Å². The third-order valence-corrected chi connectivity index (χ3v) is 3.09. The molecule has 0 atom stereocenters. The van der Waals surface area contributed by atoms with Gasteiger partial charge in [0.2, 0.25) is 0 Å². The summed E-state index contributed by atoms with van der Waals surface area (Å²) < 4.78 is 0. The second kappa shape index (κ2) is 5.17. The third-order valence-electron chi connectivity index (χ3n) is 2.35. The monoisotopic (exact) mass is 246 g/mol. The smallest absolute Gasteiger partial charge is 0.0595 e. The molecule has 0 saturated heterocycles. The Morgan fingerprint density at radius 2 is 1.93 bits per heavy atom. The van der Waals surface area contributed by atoms with Crippen LogP contribution >= 0.6 is 23.2 Å². The van der Waals surface area contributed by atoms with Gasteiger partial charge in [-0.25, -0.2) is 0 Å². The zero-order valence-electron chi connectivity index (χ0n) is 8.98. The molecule has 84 valence electrons. The average Bonchev–Trinajstić information content (AvgIpc) is 2.19. The van der Waals surface area contributed by atoms with Crippen molar-refractivity contribution in [2.45, 2.75) is 19.4 Å². The van der Waals surface area contributed by atoms with Gasteiger partial charge in [-0.3, -0.25) is 0 Å². The fourth-order valence-electron chi connectivity index (χ4n) is 1.37. The van der Waals surface area contributed by atoms with E-state index in [2.05, 4.69) is 19.2 Å². The van der Waals surface area contributed by atoms with Gasteiger partial charge in [0.05, 0.1) is 10.0 Å². The summed E-state index contributed by atoms with van der Waals surface area (Å²) in [6.07, 6.45) is 0. The molecule has 2 nitrogen and oxygen atoms in total. The lowest BCUT2D eigenvalue weighted by molar-refractivity contribution is 0.409. The fraction of sp³-hybridized carbons (Fsp3) is 0.455. The summed E-state index contributed by atoms with van der Waals surface area (Å²) in [6, 6.07) is 5.66. The highest BCUT2D eigenvalue weighted by Crippen LogP contribution is 2.28. The van der Waals surface area contributed by atoms with Crippen LogP contribution in [-0.4, -0.2) is 13.1 Å². The van der Waals surface area contributed by atoms with E-state index < -0.39 is 0 Å². The SMILES string of the molecule is CC(C)(NCCN)c1ccc(Cl)c(Cl)c1. The molecule has 0 fully saturated rings. The van der Waals surface area contributed by atoms with E-state index >= 15 is 0 Å². The van der Waals surface area contributed by atoms with E-state index in [9.17, 15) is 0 Å². The molecule has 0 aliphatic carbocycles. The first-order valence-electron chi connectivity index (χ1n) is 4.88. The Balaban J connectivity index is 2.89. The molecule has 0 saturated carbocycles. The number of rotatable bonds is 4. The van der Waals surface area contributed by atoms with Crippen LogP contribution in [0, 0.1) is 0 Å². The van der Waals surface area contributed by atoms with E-state index in [1.54, 1.807) is 0 Å². The number of nitrogens with two attached hydrogens (primary N) is 1. The zero-order valence-corrected chi connectivity index (χ0v) is 10.5. The maximum absolute atomic E-state index is 5.97. The lowest BCUT2D eigenvalue weighted by Crippen LogP contribution is -2.39. The molecule has 0 bridgehead atoms. The molecule has 0 unspecified atom stereocenters. The maximum Gasteiger partial charge on any atom is 0.0595 e. The molecule has 0 aliphatic rings. The maximum atomic E-state index is 5.97. The molecule has 15 heavy (non-hydrogen) atoms. The molecule has 1 rings (SSSR count). The van der Waals surface area contributed by atoms with Crippen molar-refractivity contribution in [1.82, 2.24) is 5.32 Å². The Morgan fingerprint density at radius 1 is 1.27 bits per heavy atom. The molecule has 0 radical (unpaired) electrons. The summed E-state index contributed by atoms with van der Waals surface area (Å²) in [5.41, 5.74) is 6.42. The average molecular weight is 247 g/mol. The van der Waals surface area contributed by atoms with E-state index in [-0.39, 0.29) is 5.54 Å². The van der Waals surface area contributed by atoms with Crippen molar-refractivity contribution in [1.29, 1.82) is 0 Å². The Labute approximate surface area is 101 Å². The zero-order chi connectivity index (χ0) is 11.5. The van der Waals surface area contributed by atoms with Crippen molar-refractivity contribution in [2.24, 2.45) is 5.73 Å². The highest BCUT2D eigenvalue weighted by atomic mass is 35.5. The van der Waals surface area contributed by atoms with E-state index in [1.807, 2.05) is 18.2 Å². The molecule has 4 heteroatoms. The topological polar surface area (TPSA) is 38.0 Å². The molecule has 3 N–H and O–H groups in total. The normalized spacial score (nSPS) is 11.8. The quantitative estimate of drug-likeness (QED) is 0.858. The van der Waals surface area contributed by atoms with Crippen LogP contribution in [-0.2, 0) is 5.54 Å². The Kier molecular flexibility index (Phi) is 4.41. The fourth-order valence-corrected chi connectivity index (χ4v) is 1.67. The van der Waals surface area contributed by atoms with Gasteiger partial charge in [-0.15, -0.1) is 0 Å². The highest BCUT2D eigenvalue weighted by molar-refractivity contribution is 6.42. The molecule has 1 aromatic rings. The summed E-state index contributed by atoms with van der Waals surface area (Å²) >= 11 is 11.8. The predicted molar refractivity (Wildman–Crippen MR) is 66.5 cm³/mol. The first kappa shape index (κ1) is 12.8. The van der Waals surface area contributed by atoms with Crippen molar-refractivity contribution in [2.75, 3.05) is 13.1 Å². The Morgan fingerprint density at radius 3 is 2.47 bits per heavy atom. The summed E-state index contributed by atoms with van der Waals surface area (Å²) in [4.78, 5) is 0. The summed E-state index contributed by atoms with van der Waals surface area (Å²) in [6.45, 7) is 5.56. The second-order valence-corrected chi connectivity index (χ2v) is 4.78. The molecule has 0 amide bonds. The highest BCUT2D eigenvalue weighted by Gasteiger charge is 2.19. The van der Waals surface area contributed by atoms with Gasteiger partial charge in [0, 0.05) is 18.6 Å². The van der Waals surface area contributed by atoms with Crippen molar-refractivity contribution < 1.29 is 0 Å². The minimum Gasteiger partial charge on any atom is -0.329 e. The first-order chi connectivity index (χ1) is 6.97. The van der Waals surface area contributed by atoms with Gasteiger partial charge < -0.3 is 11.1 Å². The number of benzene rings is 1. The van der Waals surface area contributed by atoms with E-state index in [0.717, 1.165) is 12.1 Å². The standard InChI is InChI=1S/C11H16Cl2N2/c1-11(2,15-6-5-14)8-3-4-9(12)10(13)7-8/h3-4,7,15H,5-6,14H2,1-2H3. The third kappa shape index (κ3) is 3.35. The predicted octanol–water partition coefficient (Wildman–Crippen LogP) is 2.78. The van der Waals surface area contributed by atoms with Crippen LogP contribution in [0.2, 0.25) is 10.0 Å². The largest absolute Gasteiger partial charge is 0.329 e. The van der Waals surface area contributed by atoms with E-state index in [0.29, 0.717) is 16.6 Å². The van der Waals surface area contributed by atoms with Crippen molar-refractivity contribution in [3.8, 4) is 0 Å². The number of halogens is 2. The van der Waals surface area contributed by atoms with E-state index in [1.165, 1.54) is 0 Å². The molecule has 1 aromatic carbocycles. The van der Waals surface area contributed by atoms with Gasteiger partial charge in [0.25, 0.3) is 0 Å². The summed E-state index contributed by atoms with van der Waals surface area (Å²) in [5.74, 6) is 0. The van der Waals surface area contributed by atoms with Gasteiger partial charge in [-0.1, -0.05) is 29.3 Å². The number of hydrogen-bond acceptors (Lipinski definition) is 2. The van der Waals surface area contributed by atoms with Crippen molar-refractivity contribution >= 4 is 23.2 Å². The second-order valence-electron chi connectivity index (χ2n) is 3.97. The minimum absolute atomic E-state index is 0.145. The molecular formula is C11H16Cl2N2. The van der Waals surface area contributed by atoms with Crippen LogP contribution in [0.25, 0.3) is 0 Å². The van der Waals surface area contributed by atoms with Gasteiger partial charge in [0.15, 0.2) is 0 Å². The molecule has 0 aromatic heterocycles. The van der Waals surface area contributed by atoms with Gasteiger partial charge in [0.1, 0.15) is 0 Å². The van der Waals surface area contributed by atoms with Crippen LogP contribution in [0.15, 0.2) is 18.2 Å². The minimum atomic E-state index is -0.145. The number of hydrogen-bond donors (Lipinski definition) is 2. The Bertz CT molecular complexity index is 337. The van der Waals surface area contributed by atoms with Gasteiger partial charge in [-0.2, -0.15) is 0 Å². The molecule has 0 spiro atoms. The lowest BCUT2D eigenvalue weighted by Gasteiger charge is -2.27. The van der Waals surface area contributed by atoms with Crippen LogP contribution < -0.4 is 11.1 Å². The van der Waals surface area contributed by atoms with Crippen LogP contribution in [0.5, 0.6) is 0 Å². The lowest BCUT2D eigenvalue weighted by atomic mass is 9.94. The van der Waals surface area contributed by atoms with Crippen LogP contribution in [0.4, 0.5) is 0 Å². The van der Waals surface area contributed by atoms with E-state index in [4.69, 9.17) is 28.9 Å². The van der Waals surface area contributed by atoms with Gasteiger partial charge >= 0.3 is 0 Å². The summed E-state index contributed by atoms with van der Waals surface area (Å²) in [7, 11) is 0. The Hall–Kier alpha value is -0.280.